The monoisotopic (exact) mass is 432 g/mol. The minimum atomic E-state index is -0.697. The number of carbonyl (C=O) groups is 2. The zero-order valence-corrected chi connectivity index (χ0v) is 19.0. The van der Waals surface area contributed by atoms with E-state index in [1.165, 1.54) is 11.1 Å². The number of carbonyl (C=O) groups excluding carboxylic acids is 2. The van der Waals surface area contributed by atoms with Gasteiger partial charge in [0.2, 0.25) is 0 Å². The van der Waals surface area contributed by atoms with E-state index in [0.29, 0.717) is 22.9 Å². The van der Waals surface area contributed by atoms with Crippen LogP contribution in [0.25, 0.3) is 0 Å². The summed E-state index contributed by atoms with van der Waals surface area (Å²) >= 11 is 0. The Balaban J connectivity index is 1.47. The van der Waals surface area contributed by atoms with Crippen LogP contribution in [0, 0.1) is 11.8 Å². The fourth-order valence-electron chi connectivity index (χ4n) is 4.22. The summed E-state index contributed by atoms with van der Waals surface area (Å²) in [5, 5.41) is 5.07. The van der Waals surface area contributed by atoms with E-state index in [4.69, 9.17) is 4.74 Å². The maximum atomic E-state index is 13.0. The molecule has 7 heteroatoms. The number of ether oxygens (including phenoxy) is 1. The fraction of sp³-hybridized carbons (Fsp3) is 0.400. The second-order valence-corrected chi connectivity index (χ2v) is 8.73. The molecule has 4 rings (SSSR count). The first-order valence-corrected chi connectivity index (χ1v) is 11.0. The van der Waals surface area contributed by atoms with Gasteiger partial charge in [-0.15, -0.1) is 5.01 Å². The molecule has 0 aromatic heterocycles. The van der Waals surface area contributed by atoms with Crippen molar-refractivity contribution >= 4 is 35.3 Å². The first-order valence-electron chi connectivity index (χ1n) is 11.0. The highest BCUT2D eigenvalue weighted by Crippen LogP contribution is 2.33. The van der Waals surface area contributed by atoms with Crippen LogP contribution >= 0.6 is 0 Å². The van der Waals surface area contributed by atoms with E-state index in [1.807, 2.05) is 0 Å². The Bertz CT molecular complexity index is 1110. The zero-order valence-electron chi connectivity index (χ0n) is 19.0. The van der Waals surface area contributed by atoms with Crippen molar-refractivity contribution in [1.29, 1.82) is 0 Å². The molecule has 0 spiro atoms. The number of nitrogens with zero attached hydrogens (tertiary/aromatic N) is 4. The third-order valence-corrected chi connectivity index (χ3v) is 6.08. The van der Waals surface area contributed by atoms with E-state index in [9.17, 15) is 9.59 Å². The first-order chi connectivity index (χ1) is 15.4. The lowest BCUT2D eigenvalue weighted by Gasteiger charge is -2.26. The highest BCUT2D eigenvalue weighted by molar-refractivity contribution is 6.74. The minimum Gasteiger partial charge on any atom is -0.497 e. The summed E-state index contributed by atoms with van der Waals surface area (Å²) < 4.78 is 5.23. The number of imide groups is 1. The van der Waals surface area contributed by atoms with Crippen LogP contribution in [0.4, 0.5) is 10.5 Å². The molecule has 0 N–H and O–H groups in total. The summed E-state index contributed by atoms with van der Waals surface area (Å²) in [6.07, 6.45) is 10.2. The molecule has 2 heterocycles. The van der Waals surface area contributed by atoms with Crippen molar-refractivity contribution < 1.29 is 14.3 Å². The Labute approximate surface area is 188 Å². The lowest BCUT2D eigenvalue weighted by Crippen LogP contribution is -2.43. The van der Waals surface area contributed by atoms with Gasteiger partial charge >= 0.3 is 11.9 Å². The molecule has 7 nitrogen and oxygen atoms in total. The molecule has 0 bridgehead atoms. The lowest BCUT2D eigenvalue weighted by molar-refractivity contribution is -0.121. The Morgan fingerprint density at radius 1 is 1.25 bits per heavy atom. The number of methoxy groups -OCH3 is 1. The van der Waals surface area contributed by atoms with Crippen LogP contribution in [0.2, 0.25) is 0 Å². The number of fused-ring (bicyclic) bond motifs is 3. The standard InChI is InChI=1S/C25H28N4O3/c1-15(2)6-5-7-17-8-9-18(16(3)12-17)14-26-29-24(30)23-22(28-25(29)31)20-13-19(32-4)10-11-21(20)27-23/h6,8,10-11,13-14,16,18H,5,7,9,12H2,1-4H3/t16-,18+/m0/s1. The van der Waals surface area contributed by atoms with E-state index >= 15 is 0 Å². The third kappa shape index (κ3) is 4.33. The minimum absolute atomic E-state index is 0.142. The maximum Gasteiger partial charge on any atom is 0.372 e. The molecule has 0 unspecified atom stereocenters. The predicted octanol–water partition coefficient (Wildman–Crippen LogP) is 5.24. The van der Waals surface area contributed by atoms with Gasteiger partial charge in [0.15, 0.2) is 5.71 Å². The number of hydrogen-bond donors (Lipinski definition) is 0. The van der Waals surface area contributed by atoms with E-state index in [0.717, 1.165) is 30.7 Å². The number of rotatable bonds is 6. The average Bonchev–Trinajstić information content (AvgIpc) is 3.12. The van der Waals surface area contributed by atoms with Gasteiger partial charge in [0.25, 0.3) is 0 Å². The molecule has 1 aromatic carbocycles. The first kappa shape index (κ1) is 21.9. The number of benzene rings is 1. The van der Waals surface area contributed by atoms with Gasteiger partial charge in [0.1, 0.15) is 11.5 Å². The number of aliphatic imine (C=N–C) groups is 2. The van der Waals surface area contributed by atoms with Crippen molar-refractivity contribution in [2.45, 2.75) is 46.5 Å². The summed E-state index contributed by atoms with van der Waals surface area (Å²) in [6.45, 7) is 6.42. The quantitative estimate of drug-likeness (QED) is 0.455. The average molecular weight is 433 g/mol. The van der Waals surface area contributed by atoms with Crippen LogP contribution in [0.1, 0.15) is 52.0 Å². The van der Waals surface area contributed by atoms with Gasteiger partial charge < -0.3 is 4.74 Å². The largest absolute Gasteiger partial charge is 0.497 e. The van der Waals surface area contributed by atoms with Crippen molar-refractivity contribution in [3.05, 3.63) is 47.1 Å². The van der Waals surface area contributed by atoms with E-state index in [1.54, 1.807) is 31.5 Å². The van der Waals surface area contributed by atoms with Gasteiger partial charge in [-0.25, -0.2) is 9.79 Å². The summed E-state index contributed by atoms with van der Waals surface area (Å²) in [5.74, 6) is 0.621. The van der Waals surface area contributed by atoms with Crippen LogP contribution in [-0.2, 0) is 4.79 Å². The molecule has 0 saturated heterocycles. The molecule has 3 aliphatic rings. The molecular formula is C25H28N4O3. The van der Waals surface area contributed by atoms with E-state index < -0.39 is 11.9 Å². The highest BCUT2D eigenvalue weighted by Gasteiger charge is 2.39. The fourth-order valence-corrected chi connectivity index (χ4v) is 4.22. The smallest absolute Gasteiger partial charge is 0.372 e. The van der Waals surface area contributed by atoms with Crippen LogP contribution in [-0.4, -0.2) is 41.7 Å². The molecule has 3 amide bonds. The SMILES string of the molecule is COc1ccc2c(c1)C1=NC(=O)N(N=C[C@H]3CC=C(CCC=C(C)C)C[C@@H]3C)C(=O)C1=N2. The Hall–Kier alpha value is -3.35. The van der Waals surface area contributed by atoms with Crippen LogP contribution < -0.4 is 4.74 Å². The molecule has 1 aromatic rings. The lowest BCUT2D eigenvalue weighted by atomic mass is 9.80. The molecule has 2 atom stereocenters. The molecule has 0 radical (unpaired) electrons. The Kier molecular flexibility index (Phi) is 6.17. The molecule has 166 valence electrons. The second kappa shape index (κ2) is 9.02. The summed E-state index contributed by atoms with van der Waals surface area (Å²) in [4.78, 5) is 34.0. The van der Waals surface area contributed by atoms with Gasteiger partial charge in [0, 0.05) is 17.7 Å². The Morgan fingerprint density at radius 3 is 2.78 bits per heavy atom. The third-order valence-electron chi connectivity index (χ3n) is 6.08. The van der Waals surface area contributed by atoms with Crippen LogP contribution in [0.5, 0.6) is 5.75 Å². The Morgan fingerprint density at radius 2 is 2.06 bits per heavy atom. The van der Waals surface area contributed by atoms with Gasteiger partial charge in [-0.3, -0.25) is 4.79 Å². The molecular weight excluding hydrogens is 404 g/mol. The number of hydrazone groups is 1. The number of hydrogen-bond acceptors (Lipinski definition) is 5. The number of amides is 3. The van der Waals surface area contributed by atoms with Crippen molar-refractivity contribution in [3.8, 4) is 5.75 Å². The van der Waals surface area contributed by atoms with Crippen molar-refractivity contribution in [2.75, 3.05) is 7.11 Å². The predicted molar refractivity (Wildman–Crippen MR) is 126 cm³/mol. The van der Waals surface area contributed by atoms with Gasteiger partial charge in [-0.1, -0.05) is 30.2 Å². The van der Waals surface area contributed by atoms with Gasteiger partial charge in [-0.2, -0.15) is 10.1 Å². The molecule has 32 heavy (non-hydrogen) atoms. The summed E-state index contributed by atoms with van der Waals surface area (Å²) in [7, 11) is 1.56. The van der Waals surface area contributed by atoms with Gasteiger partial charge in [0.05, 0.1) is 12.8 Å². The summed E-state index contributed by atoms with van der Waals surface area (Å²) in [6, 6.07) is 4.54. The molecule has 1 aliphatic carbocycles. The van der Waals surface area contributed by atoms with Crippen molar-refractivity contribution in [3.63, 3.8) is 0 Å². The van der Waals surface area contributed by atoms with E-state index in [-0.39, 0.29) is 17.3 Å². The van der Waals surface area contributed by atoms with Crippen molar-refractivity contribution in [1.82, 2.24) is 5.01 Å². The van der Waals surface area contributed by atoms with Crippen LogP contribution in [0.3, 0.4) is 0 Å². The molecule has 0 fully saturated rings. The molecule has 0 saturated carbocycles. The number of urea groups is 1. The zero-order chi connectivity index (χ0) is 22.8. The highest BCUT2D eigenvalue weighted by atomic mass is 16.5. The van der Waals surface area contributed by atoms with Crippen LogP contribution in [0.15, 0.2) is 56.6 Å². The van der Waals surface area contributed by atoms with Crippen molar-refractivity contribution in [2.24, 2.45) is 26.9 Å². The summed E-state index contributed by atoms with van der Waals surface area (Å²) in [5.41, 5.74) is 4.45. The molecule has 2 aliphatic heterocycles. The second-order valence-electron chi connectivity index (χ2n) is 8.73. The normalized spacial score (nSPS) is 22.2. The maximum absolute atomic E-state index is 13.0. The van der Waals surface area contributed by atoms with Gasteiger partial charge in [-0.05, 0) is 63.6 Å². The van der Waals surface area contributed by atoms with E-state index in [2.05, 4.69) is 48.0 Å². The number of allylic oxidation sites excluding steroid dienone is 4. The topological polar surface area (TPSA) is 83.7 Å².